The van der Waals surface area contributed by atoms with E-state index in [9.17, 15) is 0 Å². The minimum Gasteiger partial charge on any atom is -0.365 e. The molecule has 1 heterocycles. The fourth-order valence-corrected chi connectivity index (χ4v) is 1.75. The van der Waals surface area contributed by atoms with Crippen molar-refractivity contribution < 1.29 is 0 Å². The standard InChI is InChI=1S/C14H12ClN3/c1-10-6-7-17-14(13(10)8-16)18-9-11-2-4-12(15)5-3-11/h2-7H,9H2,1H3,(H,17,18). The average Bonchev–Trinajstić information content (AvgIpc) is 2.38. The highest BCUT2D eigenvalue weighted by Gasteiger charge is 2.05. The zero-order valence-corrected chi connectivity index (χ0v) is 10.7. The number of aromatic nitrogens is 1. The second-order valence-electron chi connectivity index (χ2n) is 3.94. The third-order valence-corrected chi connectivity index (χ3v) is 2.90. The Morgan fingerprint density at radius 2 is 2.00 bits per heavy atom. The smallest absolute Gasteiger partial charge is 0.144 e. The Balaban J connectivity index is 2.14. The first kappa shape index (κ1) is 12.4. The van der Waals surface area contributed by atoms with Crippen LogP contribution in [-0.2, 0) is 6.54 Å². The molecule has 2 rings (SSSR count). The van der Waals surface area contributed by atoms with Crippen LogP contribution in [0.1, 0.15) is 16.7 Å². The Kier molecular flexibility index (Phi) is 3.81. The first-order valence-corrected chi connectivity index (χ1v) is 5.92. The fourth-order valence-electron chi connectivity index (χ4n) is 1.62. The number of anilines is 1. The van der Waals surface area contributed by atoms with Crippen LogP contribution in [0.5, 0.6) is 0 Å². The number of hydrogen-bond donors (Lipinski definition) is 1. The normalized spacial score (nSPS) is 9.83. The predicted octanol–water partition coefficient (Wildman–Crippen LogP) is 3.53. The molecule has 0 atom stereocenters. The number of pyridine rings is 1. The van der Waals surface area contributed by atoms with Crippen LogP contribution in [0.25, 0.3) is 0 Å². The van der Waals surface area contributed by atoms with Gasteiger partial charge in [-0.05, 0) is 36.2 Å². The van der Waals surface area contributed by atoms with Gasteiger partial charge in [-0.25, -0.2) is 4.98 Å². The Bertz CT molecular complexity index is 585. The zero-order chi connectivity index (χ0) is 13.0. The van der Waals surface area contributed by atoms with Crippen molar-refractivity contribution in [3.05, 3.63) is 58.2 Å². The molecule has 2 aromatic rings. The van der Waals surface area contributed by atoms with Crippen LogP contribution in [-0.4, -0.2) is 4.98 Å². The Morgan fingerprint density at radius 1 is 1.28 bits per heavy atom. The van der Waals surface area contributed by atoms with Gasteiger partial charge in [0.2, 0.25) is 0 Å². The number of nitrogens with one attached hydrogen (secondary N) is 1. The molecule has 1 N–H and O–H groups in total. The summed E-state index contributed by atoms with van der Waals surface area (Å²) in [7, 11) is 0. The van der Waals surface area contributed by atoms with Gasteiger partial charge in [0.05, 0.1) is 5.56 Å². The van der Waals surface area contributed by atoms with Gasteiger partial charge >= 0.3 is 0 Å². The molecule has 0 saturated carbocycles. The summed E-state index contributed by atoms with van der Waals surface area (Å²) >= 11 is 5.82. The number of hydrogen-bond acceptors (Lipinski definition) is 3. The van der Waals surface area contributed by atoms with Crippen molar-refractivity contribution in [1.82, 2.24) is 4.98 Å². The summed E-state index contributed by atoms with van der Waals surface area (Å²) < 4.78 is 0. The number of rotatable bonds is 3. The van der Waals surface area contributed by atoms with Crippen molar-refractivity contribution in [2.45, 2.75) is 13.5 Å². The van der Waals surface area contributed by atoms with Crippen LogP contribution in [0, 0.1) is 18.3 Å². The molecule has 0 amide bonds. The summed E-state index contributed by atoms with van der Waals surface area (Å²) in [6.07, 6.45) is 1.69. The van der Waals surface area contributed by atoms with E-state index in [0.29, 0.717) is 22.9 Å². The van der Waals surface area contributed by atoms with Gasteiger partial charge in [-0.1, -0.05) is 23.7 Å². The third-order valence-electron chi connectivity index (χ3n) is 2.64. The molecule has 0 aliphatic rings. The lowest BCUT2D eigenvalue weighted by Crippen LogP contribution is -2.04. The molecule has 4 heteroatoms. The van der Waals surface area contributed by atoms with Crippen molar-refractivity contribution >= 4 is 17.4 Å². The maximum Gasteiger partial charge on any atom is 0.144 e. The number of halogens is 1. The first-order chi connectivity index (χ1) is 8.70. The highest BCUT2D eigenvalue weighted by molar-refractivity contribution is 6.30. The lowest BCUT2D eigenvalue weighted by Gasteiger charge is -2.08. The SMILES string of the molecule is Cc1ccnc(NCc2ccc(Cl)cc2)c1C#N. The second kappa shape index (κ2) is 5.52. The minimum absolute atomic E-state index is 0.589. The van der Waals surface area contributed by atoms with Crippen molar-refractivity contribution in [3.8, 4) is 6.07 Å². The van der Waals surface area contributed by atoms with Gasteiger partial charge in [-0.15, -0.1) is 0 Å². The average molecular weight is 258 g/mol. The van der Waals surface area contributed by atoms with E-state index < -0.39 is 0 Å². The Labute approximate surface area is 111 Å². The molecule has 0 aliphatic carbocycles. The third kappa shape index (κ3) is 2.79. The predicted molar refractivity (Wildman–Crippen MR) is 72.5 cm³/mol. The van der Waals surface area contributed by atoms with Crippen molar-refractivity contribution in [1.29, 1.82) is 5.26 Å². The molecule has 1 aromatic carbocycles. The molecule has 3 nitrogen and oxygen atoms in total. The van der Waals surface area contributed by atoms with Gasteiger partial charge in [0, 0.05) is 17.8 Å². The molecule has 90 valence electrons. The van der Waals surface area contributed by atoms with Crippen LogP contribution in [0.2, 0.25) is 5.02 Å². The summed E-state index contributed by atoms with van der Waals surface area (Å²) in [4.78, 5) is 4.18. The van der Waals surface area contributed by atoms with Crippen molar-refractivity contribution in [2.75, 3.05) is 5.32 Å². The van der Waals surface area contributed by atoms with E-state index in [1.807, 2.05) is 37.3 Å². The van der Waals surface area contributed by atoms with Gasteiger partial charge in [0.25, 0.3) is 0 Å². The topological polar surface area (TPSA) is 48.7 Å². The monoisotopic (exact) mass is 257 g/mol. The lowest BCUT2D eigenvalue weighted by atomic mass is 10.1. The highest BCUT2D eigenvalue weighted by atomic mass is 35.5. The van der Waals surface area contributed by atoms with Crippen LogP contribution in [0.3, 0.4) is 0 Å². The Morgan fingerprint density at radius 3 is 2.67 bits per heavy atom. The number of nitriles is 1. The summed E-state index contributed by atoms with van der Waals surface area (Å²) in [5, 5.41) is 13.0. The summed E-state index contributed by atoms with van der Waals surface area (Å²) in [5.74, 6) is 0.618. The molecule has 0 bridgehead atoms. The van der Waals surface area contributed by atoms with E-state index in [4.69, 9.17) is 16.9 Å². The van der Waals surface area contributed by atoms with Gasteiger partial charge in [0.15, 0.2) is 0 Å². The molecular weight excluding hydrogens is 246 g/mol. The van der Waals surface area contributed by atoms with E-state index in [2.05, 4.69) is 16.4 Å². The molecule has 0 saturated heterocycles. The molecule has 0 unspecified atom stereocenters. The van der Waals surface area contributed by atoms with E-state index in [-0.39, 0.29) is 0 Å². The summed E-state index contributed by atoms with van der Waals surface area (Å²) in [6, 6.07) is 11.6. The summed E-state index contributed by atoms with van der Waals surface area (Å²) in [6.45, 7) is 2.51. The maximum absolute atomic E-state index is 9.09. The van der Waals surface area contributed by atoms with E-state index in [1.165, 1.54) is 0 Å². The van der Waals surface area contributed by atoms with Crippen molar-refractivity contribution in [2.24, 2.45) is 0 Å². The number of nitrogens with zero attached hydrogens (tertiary/aromatic N) is 2. The molecular formula is C14H12ClN3. The second-order valence-corrected chi connectivity index (χ2v) is 4.38. The van der Waals surface area contributed by atoms with Crippen LogP contribution in [0.4, 0.5) is 5.82 Å². The largest absolute Gasteiger partial charge is 0.365 e. The highest BCUT2D eigenvalue weighted by Crippen LogP contribution is 2.16. The Hall–Kier alpha value is -2.05. The van der Waals surface area contributed by atoms with Gasteiger partial charge in [-0.2, -0.15) is 5.26 Å². The fraction of sp³-hybridized carbons (Fsp3) is 0.143. The number of benzene rings is 1. The maximum atomic E-state index is 9.09. The quantitative estimate of drug-likeness (QED) is 0.915. The first-order valence-electron chi connectivity index (χ1n) is 5.54. The van der Waals surface area contributed by atoms with Gasteiger partial charge in [-0.3, -0.25) is 0 Å². The molecule has 0 spiro atoms. The van der Waals surface area contributed by atoms with Crippen LogP contribution < -0.4 is 5.32 Å². The van der Waals surface area contributed by atoms with E-state index in [1.54, 1.807) is 6.20 Å². The lowest BCUT2D eigenvalue weighted by molar-refractivity contribution is 1.10. The van der Waals surface area contributed by atoms with Crippen LogP contribution in [0.15, 0.2) is 36.5 Å². The molecule has 0 fully saturated rings. The molecule has 0 aliphatic heterocycles. The minimum atomic E-state index is 0.589. The van der Waals surface area contributed by atoms with Crippen molar-refractivity contribution in [3.63, 3.8) is 0 Å². The number of aryl methyl sites for hydroxylation is 1. The summed E-state index contributed by atoms with van der Waals surface area (Å²) in [5.41, 5.74) is 2.60. The zero-order valence-electron chi connectivity index (χ0n) is 9.94. The molecule has 18 heavy (non-hydrogen) atoms. The van der Waals surface area contributed by atoms with Gasteiger partial charge < -0.3 is 5.32 Å². The van der Waals surface area contributed by atoms with Crippen LogP contribution >= 0.6 is 11.6 Å². The van der Waals surface area contributed by atoms with E-state index in [0.717, 1.165) is 11.1 Å². The van der Waals surface area contributed by atoms with E-state index >= 15 is 0 Å². The van der Waals surface area contributed by atoms with Gasteiger partial charge in [0.1, 0.15) is 11.9 Å². The molecule has 1 aromatic heterocycles. The molecule has 0 radical (unpaired) electrons.